The van der Waals surface area contributed by atoms with Gasteiger partial charge in [0, 0.05) is 30.1 Å². The molecule has 0 saturated carbocycles. The van der Waals surface area contributed by atoms with E-state index in [1.54, 1.807) is 27.2 Å². The van der Waals surface area contributed by atoms with E-state index in [0.717, 1.165) is 28.4 Å². The second-order valence-corrected chi connectivity index (χ2v) is 8.03. The summed E-state index contributed by atoms with van der Waals surface area (Å²) < 4.78 is 1.78. The molecule has 7 nitrogen and oxygen atoms in total. The molecule has 0 bridgehead atoms. The first kappa shape index (κ1) is 19.2. The van der Waals surface area contributed by atoms with Gasteiger partial charge in [-0.3, -0.25) is 9.59 Å². The van der Waals surface area contributed by atoms with E-state index in [4.69, 9.17) is 0 Å². The van der Waals surface area contributed by atoms with Crippen LogP contribution >= 0.6 is 11.3 Å². The van der Waals surface area contributed by atoms with Gasteiger partial charge in [0.05, 0.1) is 23.3 Å². The summed E-state index contributed by atoms with van der Waals surface area (Å²) in [5.41, 5.74) is 3.45. The fraction of sp³-hybridized carbons (Fsp3) is 0.130. The minimum Gasteiger partial charge on any atom is -0.319 e. The maximum Gasteiger partial charge on any atom is 0.275 e. The summed E-state index contributed by atoms with van der Waals surface area (Å²) in [4.78, 5) is 31.2. The molecule has 0 spiro atoms. The van der Waals surface area contributed by atoms with Crippen molar-refractivity contribution >= 4 is 34.5 Å². The van der Waals surface area contributed by atoms with Crippen LogP contribution in [0.3, 0.4) is 0 Å². The number of carbonyl (C=O) groups excluding carboxylic acids is 2. The Kier molecular flexibility index (Phi) is 5.05. The Hall–Kier alpha value is -3.78. The third kappa shape index (κ3) is 3.85. The molecule has 31 heavy (non-hydrogen) atoms. The molecule has 2 aromatic heterocycles. The number of aromatic nitrogens is 3. The third-order valence-corrected chi connectivity index (χ3v) is 5.99. The lowest BCUT2D eigenvalue weighted by Crippen LogP contribution is -2.25. The zero-order chi connectivity index (χ0) is 21.2. The van der Waals surface area contributed by atoms with Crippen molar-refractivity contribution in [3.63, 3.8) is 0 Å². The summed E-state index contributed by atoms with van der Waals surface area (Å²) >= 11 is 1.39. The van der Waals surface area contributed by atoms with Crippen LogP contribution in [0.2, 0.25) is 0 Å². The van der Waals surface area contributed by atoms with Crippen molar-refractivity contribution in [2.75, 3.05) is 16.8 Å². The molecule has 1 aliphatic heterocycles. The first-order valence-electron chi connectivity index (χ1n) is 9.96. The van der Waals surface area contributed by atoms with Gasteiger partial charge in [0.25, 0.3) is 5.91 Å². The molecule has 3 heterocycles. The summed E-state index contributed by atoms with van der Waals surface area (Å²) in [6.45, 7) is 0.665. The number of carbonyl (C=O) groups is 2. The number of anilines is 2. The smallest absolute Gasteiger partial charge is 0.275 e. The molecule has 2 aromatic carbocycles. The van der Waals surface area contributed by atoms with Crippen molar-refractivity contribution in [2.45, 2.75) is 12.8 Å². The molecule has 1 fully saturated rings. The Balaban J connectivity index is 1.35. The molecule has 5 rings (SSSR count). The first-order chi connectivity index (χ1) is 15.2. The molecule has 0 unspecified atom stereocenters. The van der Waals surface area contributed by atoms with Crippen LogP contribution in [-0.4, -0.2) is 33.1 Å². The average molecular weight is 430 g/mol. The topological polar surface area (TPSA) is 80.1 Å². The number of nitrogens with one attached hydrogen (secondary N) is 1. The van der Waals surface area contributed by atoms with Crippen molar-refractivity contribution in [1.82, 2.24) is 14.8 Å². The highest BCUT2D eigenvalue weighted by atomic mass is 32.1. The summed E-state index contributed by atoms with van der Waals surface area (Å²) in [7, 11) is 0. The minimum atomic E-state index is -0.308. The molecule has 0 atom stereocenters. The van der Waals surface area contributed by atoms with Crippen LogP contribution in [0.4, 0.5) is 11.4 Å². The van der Waals surface area contributed by atoms with Gasteiger partial charge in [-0.2, -0.15) is 5.10 Å². The lowest BCUT2D eigenvalue weighted by atomic mass is 10.2. The number of hydrogen-bond donors (Lipinski definition) is 1. The van der Waals surface area contributed by atoms with E-state index in [9.17, 15) is 9.59 Å². The lowest BCUT2D eigenvalue weighted by molar-refractivity contribution is -0.117. The van der Waals surface area contributed by atoms with Gasteiger partial charge in [0.2, 0.25) is 5.91 Å². The molecule has 2 amide bonds. The van der Waals surface area contributed by atoms with Gasteiger partial charge in [-0.25, -0.2) is 9.67 Å². The maximum absolute atomic E-state index is 12.8. The van der Waals surface area contributed by atoms with E-state index in [0.29, 0.717) is 24.3 Å². The van der Waals surface area contributed by atoms with Gasteiger partial charge in [-0.05, 0) is 30.7 Å². The molecule has 154 valence electrons. The Morgan fingerprint density at radius 1 is 1.06 bits per heavy atom. The van der Waals surface area contributed by atoms with Crippen LogP contribution < -0.4 is 10.2 Å². The van der Waals surface area contributed by atoms with E-state index in [1.807, 2.05) is 54.7 Å². The first-order valence-corrected chi connectivity index (χ1v) is 10.8. The standard InChI is InChI=1S/C23H19N5O2S/c29-21-11-6-12-27(21)20-10-5-4-9-18(20)25-22(30)19-15-31-23(26-19)16-13-24-28(14-16)17-7-2-1-3-8-17/h1-5,7-10,13-15H,6,11-12H2,(H,25,30). The second-order valence-electron chi connectivity index (χ2n) is 7.17. The van der Waals surface area contributed by atoms with E-state index in [-0.39, 0.29) is 11.8 Å². The van der Waals surface area contributed by atoms with Crippen molar-refractivity contribution in [2.24, 2.45) is 0 Å². The molecule has 0 aliphatic carbocycles. The van der Waals surface area contributed by atoms with Crippen molar-refractivity contribution in [3.8, 4) is 16.3 Å². The average Bonchev–Trinajstić information content (AvgIpc) is 3.55. The number of para-hydroxylation sites is 3. The molecular weight excluding hydrogens is 410 g/mol. The fourth-order valence-electron chi connectivity index (χ4n) is 3.57. The van der Waals surface area contributed by atoms with Gasteiger partial charge in [0.1, 0.15) is 10.7 Å². The number of thiazole rings is 1. The van der Waals surface area contributed by atoms with Crippen LogP contribution in [-0.2, 0) is 4.79 Å². The summed E-state index contributed by atoms with van der Waals surface area (Å²) in [6, 6.07) is 17.2. The van der Waals surface area contributed by atoms with Crippen molar-refractivity contribution in [3.05, 3.63) is 78.1 Å². The van der Waals surface area contributed by atoms with E-state index in [2.05, 4.69) is 15.4 Å². The van der Waals surface area contributed by atoms with E-state index < -0.39 is 0 Å². The van der Waals surface area contributed by atoms with Crippen LogP contribution in [0.15, 0.2) is 72.4 Å². The second kappa shape index (κ2) is 8.16. The SMILES string of the molecule is O=C(Nc1ccccc1N1CCCC1=O)c1csc(-c2cnn(-c3ccccc3)c2)n1. The predicted octanol–water partition coefficient (Wildman–Crippen LogP) is 4.37. The zero-order valence-electron chi connectivity index (χ0n) is 16.6. The number of nitrogens with zero attached hydrogens (tertiary/aromatic N) is 4. The van der Waals surface area contributed by atoms with Crippen molar-refractivity contribution in [1.29, 1.82) is 0 Å². The Bertz CT molecular complexity index is 1250. The Morgan fingerprint density at radius 3 is 2.68 bits per heavy atom. The molecule has 1 N–H and O–H groups in total. The highest BCUT2D eigenvalue weighted by Gasteiger charge is 2.24. The van der Waals surface area contributed by atoms with Crippen molar-refractivity contribution < 1.29 is 9.59 Å². The molecular formula is C23H19N5O2S. The van der Waals surface area contributed by atoms with Gasteiger partial charge in [0.15, 0.2) is 0 Å². The highest BCUT2D eigenvalue weighted by Crippen LogP contribution is 2.30. The van der Waals surface area contributed by atoms with E-state index in [1.165, 1.54) is 11.3 Å². The van der Waals surface area contributed by atoms with Crippen LogP contribution in [0.1, 0.15) is 23.3 Å². The highest BCUT2D eigenvalue weighted by molar-refractivity contribution is 7.13. The van der Waals surface area contributed by atoms with Gasteiger partial charge < -0.3 is 10.2 Å². The molecule has 1 aliphatic rings. The monoisotopic (exact) mass is 429 g/mol. The molecule has 1 saturated heterocycles. The fourth-order valence-corrected chi connectivity index (χ4v) is 4.35. The maximum atomic E-state index is 12.8. The predicted molar refractivity (Wildman–Crippen MR) is 121 cm³/mol. The Labute approximate surface area is 183 Å². The Morgan fingerprint density at radius 2 is 1.87 bits per heavy atom. The quantitative estimate of drug-likeness (QED) is 0.511. The number of rotatable bonds is 5. The van der Waals surface area contributed by atoms with Crippen LogP contribution in [0.5, 0.6) is 0 Å². The van der Waals surface area contributed by atoms with Gasteiger partial charge in [-0.15, -0.1) is 11.3 Å². The van der Waals surface area contributed by atoms with Gasteiger partial charge >= 0.3 is 0 Å². The molecule has 4 aromatic rings. The summed E-state index contributed by atoms with van der Waals surface area (Å²) in [6.07, 6.45) is 4.99. The third-order valence-electron chi connectivity index (χ3n) is 5.10. The van der Waals surface area contributed by atoms with E-state index >= 15 is 0 Å². The zero-order valence-corrected chi connectivity index (χ0v) is 17.4. The van der Waals surface area contributed by atoms with Crippen LogP contribution in [0.25, 0.3) is 16.3 Å². The summed E-state index contributed by atoms with van der Waals surface area (Å²) in [5, 5.41) is 9.75. The van der Waals surface area contributed by atoms with Crippen LogP contribution in [0, 0.1) is 0 Å². The lowest BCUT2D eigenvalue weighted by Gasteiger charge is -2.19. The number of amides is 2. The number of hydrogen-bond acceptors (Lipinski definition) is 5. The summed E-state index contributed by atoms with van der Waals surface area (Å²) in [5.74, 6) is -0.231. The largest absolute Gasteiger partial charge is 0.319 e. The van der Waals surface area contributed by atoms with Gasteiger partial charge in [-0.1, -0.05) is 30.3 Å². The molecule has 0 radical (unpaired) electrons. The number of benzene rings is 2. The normalized spacial score (nSPS) is 13.5. The molecule has 8 heteroatoms. The minimum absolute atomic E-state index is 0.0769.